The van der Waals surface area contributed by atoms with Crippen molar-refractivity contribution in [2.24, 2.45) is 28.6 Å². The van der Waals surface area contributed by atoms with Crippen molar-refractivity contribution in [1.29, 1.82) is 0 Å². The maximum absolute atomic E-state index is 12.7. The van der Waals surface area contributed by atoms with Crippen LogP contribution in [0.1, 0.15) is 65.2 Å². The Balaban J connectivity index is 1.52. The summed E-state index contributed by atoms with van der Waals surface area (Å²) >= 11 is 0. The van der Waals surface area contributed by atoms with E-state index in [4.69, 9.17) is 5.11 Å². The predicted octanol–water partition coefficient (Wildman–Crippen LogP) is 2.24. The number of carboxylic acids is 1. The molecule has 2 amide bonds. The largest absolute Gasteiger partial charge is 0.481 e. The highest BCUT2D eigenvalue weighted by molar-refractivity contribution is 5.86. The van der Waals surface area contributed by atoms with E-state index in [1.165, 1.54) is 19.3 Å². The van der Waals surface area contributed by atoms with Gasteiger partial charge in [0.25, 0.3) is 0 Å². The van der Waals surface area contributed by atoms with E-state index in [9.17, 15) is 14.4 Å². The van der Waals surface area contributed by atoms with Gasteiger partial charge >= 0.3 is 5.97 Å². The number of rotatable bonds is 5. The van der Waals surface area contributed by atoms with Crippen LogP contribution in [0, 0.1) is 28.6 Å². The third-order valence-corrected chi connectivity index (χ3v) is 6.10. The van der Waals surface area contributed by atoms with Gasteiger partial charge in [-0.15, -0.1) is 0 Å². The average Bonchev–Trinajstić information content (AvgIpc) is 2.41. The Morgan fingerprint density at radius 2 is 1.46 bits per heavy atom. The van der Waals surface area contributed by atoms with Crippen LogP contribution in [0.25, 0.3) is 0 Å². The van der Waals surface area contributed by atoms with Crippen LogP contribution in [0.3, 0.4) is 0 Å². The molecule has 3 N–H and O–H groups in total. The highest BCUT2D eigenvalue weighted by atomic mass is 16.4. The molecule has 6 heteroatoms. The van der Waals surface area contributed by atoms with Crippen molar-refractivity contribution < 1.29 is 19.5 Å². The molecule has 4 saturated carbocycles. The maximum Gasteiger partial charge on any atom is 0.303 e. The molecule has 0 heterocycles. The van der Waals surface area contributed by atoms with Crippen LogP contribution in [-0.2, 0) is 14.4 Å². The van der Waals surface area contributed by atoms with Gasteiger partial charge in [0.15, 0.2) is 0 Å². The quantitative estimate of drug-likeness (QED) is 0.671. The number of amides is 2. The van der Waals surface area contributed by atoms with Crippen LogP contribution in [0.15, 0.2) is 0 Å². The molecule has 0 aromatic carbocycles. The van der Waals surface area contributed by atoms with Crippen LogP contribution < -0.4 is 10.9 Å². The standard InChI is InChI=1S/C18H28N2O4/c1-17(2,10-15(22)23)9-14(21)19-20-16(24)18-6-11-3-12(7-18)5-13(4-11)8-18/h11-13H,3-10H2,1-2H3,(H,19,21)(H,20,24)(H,22,23). The molecule has 4 bridgehead atoms. The summed E-state index contributed by atoms with van der Waals surface area (Å²) in [4.78, 5) is 35.6. The normalized spacial score (nSPS) is 34.0. The second kappa shape index (κ2) is 6.05. The third-order valence-electron chi connectivity index (χ3n) is 6.10. The highest BCUT2D eigenvalue weighted by Gasteiger charge is 2.54. The third kappa shape index (κ3) is 3.57. The number of carbonyl (C=O) groups is 3. The molecule has 0 spiro atoms. The molecule has 134 valence electrons. The van der Waals surface area contributed by atoms with Crippen LogP contribution >= 0.6 is 0 Å². The number of carbonyl (C=O) groups excluding carboxylic acids is 2. The molecule has 0 radical (unpaired) electrons. The number of nitrogens with one attached hydrogen (secondary N) is 2. The Hall–Kier alpha value is -1.59. The minimum Gasteiger partial charge on any atom is -0.481 e. The monoisotopic (exact) mass is 336 g/mol. The van der Waals surface area contributed by atoms with Gasteiger partial charge in [-0.1, -0.05) is 13.8 Å². The molecule has 4 aliphatic rings. The molecular formula is C18H28N2O4. The molecule has 4 rings (SSSR count). The molecule has 0 unspecified atom stereocenters. The summed E-state index contributed by atoms with van der Waals surface area (Å²) in [7, 11) is 0. The minimum atomic E-state index is -0.926. The molecule has 0 aliphatic heterocycles. The summed E-state index contributed by atoms with van der Waals surface area (Å²) in [5.74, 6) is 0.710. The Morgan fingerprint density at radius 1 is 0.958 bits per heavy atom. The van der Waals surface area contributed by atoms with E-state index in [1.54, 1.807) is 13.8 Å². The number of aliphatic carboxylic acids is 1. The zero-order valence-corrected chi connectivity index (χ0v) is 14.6. The summed E-state index contributed by atoms with van der Waals surface area (Å²) < 4.78 is 0. The highest BCUT2D eigenvalue weighted by Crippen LogP contribution is 2.60. The lowest BCUT2D eigenvalue weighted by atomic mass is 9.49. The van der Waals surface area contributed by atoms with E-state index in [0.29, 0.717) is 17.8 Å². The predicted molar refractivity (Wildman–Crippen MR) is 87.5 cm³/mol. The lowest BCUT2D eigenvalue weighted by molar-refractivity contribution is -0.149. The van der Waals surface area contributed by atoms with Gasteiger partial charge in [0, 0.05) is 6.42 Å². The molecule has 0 saturated heterocycles. The molecule has 4 aliphatic carbocycles. The zero-order chi connectivity index (χ0) is 17.5. The van der Waals surface area contributed by atoms with E-state index in [-0.39, 0.29) is 30.1 Å². The van der Waals surface area contributed by atoms with E-state index >= 15 is 0 Å². The number of carboxylic acid groups (broad SMARTS) is 1. The second-order valence-corrected chi connectivity index (χ2v) is 9.11. The SMILES string of the molecule is CC(C)(CC(=O)O)CC(=O)NNC(=O)C12CC3CC(CC(C3)C1)C2. The van der Waals surface area contributed by atoms with Crippen molar-refractivity contribution in [3.63, 3.8) is 0 Å². The minimum absolute atomic E-state index is 0.0500. The van der Waals surface area contributed by atoms with Crippen molar-refractivity contribution in [2.75, 3.05) is 0 Å². The first-order valence-electron chi connectivity index (χ1n) is 8.99. The topological polar surface area (TPSA) is 95.5 Å². The van der Waals surface area contributed by atoms with Crippen molar-refractivity contribution in [3.05, 3.63) is 0 Å². The Labute approximate surface area is 142 Å². The Morgan fingerprint density at radius 3 is 1.92 bits per heavy atom. The molecule has 0 aromatic rings. The zero-order valence-electron chi connectivity index (χ0n) is 14.6. The van der Waals surface area contributed by atoms with Crippen molar-refractivity contribution in [2.45, 2.75) is 65.2 Å². The summed E-state index contributed by atoms with van der Waals surface area (Å²) in [5.41, 5.74) is 4.20. The van der Waals surface area contributed by atoms with Gasteiger partial charge in [0.05, 0.1) is 11.8 Å². The fourth-order valence-electron chi connectivity index (χ4n) is 5.60. The van der Waals surface area contributed by atoms with E-state index < -0.39 is 11.4 Å². The Bertz CT molecular complexity index is 520. The first-order valence-corrected chi connectivity index (χ1v) is 8.99. The van der Waals surface area contributed by atoms with Gasteiger partial charge in [0.1, 0.15) is 0 Å². The second-order valence-electron chi connectivity index (χ2n) is 9.11. The van der Waals surface area contributed by atoms with Gasteiger partial charge in [-0.2, -0.15) is 0 Å². The van der Waals surface area contributed by atoms with E-state index in [0.717, 1.165) is 19.3 Å². The summed E-state index contributed by atoms with van der Waals surface area (Å²) in [6.07, 6.45) is 6.64. The van der Waals surface area contributed by atoms with E-state index in [1.807, 2.05) is 0 Å². The first-order chi connectivity index (χ1) is 11.2. The summed E-state index contributed by atoms with van der Waals surface area (Å²) in [6.45, 7) is 3.48. The molecule has 0 atom stereocenters. The summed E-state index contributed by atoms with van der Waals surface area (Å²) in [5, 5.41) is 8.87. The molecule has 24 heavy (non-hydrogen) atoms. The lowest BCUT2D eigenvalue weighted by Gasteiger charge is -2.55. The Kier molecular flexibility index (Phi) is 4.34. The summed E-state index contributed by atoms with van der Waals surface area (Å²) in [6, 6.07) is 0. The lowest BCUT2D eigenvalue weighted by Crippen LogP contribution is -2.57. The van der Waals surface area contributed by atoms with Gasteiger partial charge < -0.3 is 5.11 Å². The van der Waals surface area contributed by atoms with Crippen LogP contribution in [0.5, 0.6) is 0 Å². The van der Waals surface area contributed by atoms with Crippen LogP contribution in [0.2, 0.25) is 0 Å². The van der Waals surface area contributed by atoms with Gasteiger partial charge in [-0.05, 0) is 61.7 Å². The van der Waals surface area contributed by atoms with Gasteiger partial charge in [0.2, 0.25) is 11.8 Å². The molecule has 4 fully saturated rings. The maximum atomic E-state index is 12.7. The molecular weight excluding hydrogens is 308 g/mol. The number of hydrogen-bond donors (Lipinski definition) is 3. The van der Waals surface area contributed by atoms with E-state index in [2.05, 4.69) is 10.9 Å². The molecule has 6 nitrogen and oxygen atoms in total. The van der Waals surface area contributed by atoms with Crippen LogP contribution in [0.4, 0.5) is 0 Å². The fourth-order valence-corrected chi connectivity index (χ4v) is 5.60. The smallest absolute Gasteiger partial charge is 0.303 e. The van der Waals surface area contributed by atoms with Crippen molar-refractivity contribution >= 4 is 17.8 Å². The fraction of sp³-hybridized carbons (Fsp3) is 0.833. The number of hydrazine groups is 1. The number of hydrogen-bond acceptors (Lipinski definition) is 3. The van der Waals surface area contributed by atoms with Crippen LogP contribution in [-0.4, -0.2) is 22.9 Å². The van der Waals surface area contributed by atoms with Crippen molar-refractivity contribution in [1.82, 2.24) is 10.9 Å². The van der Waals surface area contributed by atoms with Gasteiger partial charge in [-0.3, -0.25) is 25.2 Å². The van der Waals surface area contributed by atoms with Crippen molar-refractivity contribution in [3.8, 4) is 0 Å². The molecule has 0 aromatic heterocycles. The average molecular weight is 336 g/mol. The first kappa shape index (κ1) is 17.2. The van der Waals surface area contributed by atoms with Gasteiger partial charge in [-0.25, -0.2) is 0 Å².